The minimum Gasteiger partial charge on any atom is -0.484 e. The van der Waals surface area contributed by atoms with Crippen LogP contribution in [-0.4, -0.2) is 23.2 Å². The molecular formula is C19H23N3O2. The molecule has 0 saturated heterocycles. The van der Waals surface area contributed by atoms with Gasteiger partial charge in [-0.25, -0.2) is 5.43 Å². The molecule has 0 bridgehead atoms. The fraction of sp³-hybridized carbons (Fsp3) is 0.316. The molecule has 5 heteroatoms. The monoisotopic (exact) mass is 325 g/mol. The highest BCUT2D eigenvalue weighted by atomic mass is 16.5. The van der Waals surface area contributed by atoms with E-state index < -0.39 is 0 Å². The average molecular weight is 325 g/mol. The van der Waals surface area contributed by atoms with Gasteiger partial charge in [0.1, 0.15) is 5.75 Å². The van der Waals surface area contributed by atoms with E-state index >= 15 is 0 Å². The minimum atomic E-state index is -0.307. The van der Waals surface area contributed by atoms with Crippen LogP contribution in [0.25, 0.3) is 0 Å². The number of hydrazone groups is 1. The number of nitrogens with zero attached hydrogens (tertiary/aromatic N) is 2. The molecule has 2 aromatic rings. The molecule has 0 saturated carbocycles. The third-order valence-electron chi connectivity index (χ3n) is 3.52. The van der Waals surface area contributed by atoms with Gasteiger partial charge in [-0.2, -0.15) is 5.10 Å². The topological polar surface area (TPSA) is 63.6 Å². The molecule has 1 aromatic heterocycles. The zero-order valence-corrected chi connectivity index (χ0v) is 14.5. The van der Waals surface area contributed by atoms with Gasteiger partial charge >= 0.3 is 0 Å². The molecule has 0 aliphatic rings. The van der Waals surface area contributed by atoms with Crippen LogP contribution in [-0.2, 0) is 10.2 Å². The van der Waals surface area contributed by atoms with Gasteiger partial charge in [0.05, 0.1) is 5.71 Å². The van der Waals surface area contributed by atoms with Crippen molar-refractivity contribution in [1.82, 2.24) is 10.4 Å². The van der Waals surface area contributed by atoms with Gasteiger partial charge in [0.2, 0.25) is 0 Å². The number of nitrogens with one attached hydrogen (secondary N) is 1. The molecular weight excluding hydrogens is 302 g/mol. The molecule has 126 valence electrons. The van der Waals surface area contributed by atoms with Crippen LogP contribution in [0.4, 0.5) is 0 Å². The molecule has 1 aromatic carbocycles. The predicted octanol–water partition coefficient (Wildman–Crippen LogP) is 3.30. The van der Waals surface area contributed by atoms with Gasteiger partial charge in [-0.3, -0.25) is 9.78 Å². The van der Waals surface area contributed by atoms with Crippen LogP contribution in [0.1, 0.15) is 38.8 Å². The van der Waals surface area contributed by atoms with E-state index in [1.54, 1.807) is 12.4 Å². The Hall–Kier alpha value is -2.69. The van der Waals surface area contributed by atoms with E-state index in [2.05, 4.69) is 36.3 Å². The van der Waals surface area contributed by atoms with Gasteiger partial charge in [-0.05, 0) is 36.1 Å². The van der Waals surface area contributed by atoms with E-state index in [1.165, 1.54) is 5.56 Å². The first kappa shape index (κ1) is 17.7. The summed E-state index contributed by atoms with van der Waals surface area (Å²) in [5.41, 5.74) is 5.34. The van der Waals surface area contributed by atoms with Crippen molar-refractivity contribution in [1.29, 1.82) is 0 Å². The van der Waals surface area contributed by atoms with Crippen molar-refractivity contribution in [2.75, 3.05) is 6.61 Å². The van der Waals surface area contributed by atoms with Crippen molar-refractivity contribution in [3.05, 3.63) is 59.9 Å². The first-order valence-electron chi connectivity index (χ1n) is 7.83. The first-order valence-corrected chi connectivity index (χ1v) is 7.83. The second-order valence-electron chi connectivity index (χ2n) is 6.54. The molecule has 0 fully saturated rings. The summed E-state index contributed by atoms with van der Waals surface area (Å²) < 4.78 is 5.48. The molecule has 5 nitrogen and oxygen atoms in total. The van der Waals surface area contributed by atoms with Crippen molar-refractivity contribution in [2.24, 2.45) is 5.10 Å². The van der Waals surface area contributed by atoms with Crippen LogP contribution >= 0.6 is 0 Å². The summed E-state index contributed by atoms with van der Waals surface area (Å²) in [5.74, 6) is 0.351. The standard InChI is InChI=1S/C19H23N3O2/c1-14(15-6-5-11-20-12-15)21-22-18(23)13-24-17-9-7-16(8-10-17)19(2,3)4/h5-12H,13H2,1-4H3,(H,22,23). The van der Waals surface area contributed by atoms with Crippen molar-refractivity contribution >= 4 is 11.6 Å². The Morgan fingerprint density at radius 3 is 2.50 bits per heavy atom. The van der Waals surface area contributed by atoms with E-state index in [-0.39, 0.29) is 17.9 Å². The summed E-state index contributed by atoms with van der Waals surface area (Å²) in [7, 11) is 0. The summed E-state index contributed by atoms with van der Waals surface area (Å²) in [6.45, 7) is 8.18. The van der Waals surface area contributed by atoms with E-state index in [4.69, 9.17) is 4.74 Å². The Labute approximate surface area is 142 Å². The Morgan fingerprint density at radius 2 is 1.92 bits per heavy atom. The number of aromatic nitrogens is 1. The molecule has 1 heterocycles. The van der Waals surface area contributed by atoms with Crippen molar-refractivity contribution < 1.29 is 9.53 Å². The molecule has 0 unspecified atom stereocenters. The summed E-state index contributed by atoms with van der Waals surface area (Å²) in [4.78, 5) is 15.8. The molecule has 1 amide bonds. The largest absolute Gasteiger partial charge is 0.484 e. The van der Waals surface area contributed by atoms with Crippen molar-refractivity contribution in [3.8, 4) is 5.75 Å². The molecule has 0 spiro atoms. The fourth-order valence-electron chi connectivity index (χ4n) is 2.02. The maximum absolute atomic E-state index is 11.8. The highest BCUT2D eigenvalue weighted by Crippen LogP contribution is 2.24. The highest BCUT2D eigenvalue weighted by molar-refractivity contribution is 5.98. The SMILES string of the molecule is CC(=NNC(=O)COc1ccc(C(C)(C)C)cc1)c1cccnc1. The Kier molecular flexibility index (Phi) is 5.68. The third kappa shape index (κ3) is 5.19. The van der Waals surface area contributed by atoms with Crippen LogP contribution in [0.3, 0.4) is 0 Å². The van der Waals surface area contributed by atoms with Gasteiger partial charge in [0, 0.05) is 18.0 Å². The van der Waals surface area contributed by atoms with E-state index in [0.717, 1.165) is 5.56 Å². The summed E-state index contributed by atoms with van der Waals surface area (Å²) in [6, 6.07) is 11.5. The van der Waals surface area contributed by atoms with E-state index in [9.17, 15) is 4.79 Å². The lowest BCUT2D eigenvalue weighted by atomic mass is 9.87. The molecule has 0 radical (unpaired) electrons. The van der Waals surface area contributed by atoms with Gasteiger partial charge in [-0.1, -0.05) is 39.0 Å². The smallest absolute Gasteiger partial charge is 0.277 e. The second-order valence-corrected chi connectivity index (χ2v) is 6.54. The Balaban J connectivity index is 1.85. The third-order valence-corrected chi connectivity index (χ3v) is 3.52. The van der Waals surface area contributed by atoms with Crippen LogP contribution in [0.2, 0.25) is 0 Å². The van der Waals surface area contributed by atoms with Crippen molar-refractivity contribution in [2.45, 2.75) is 33.1 Å². The Bertz CT molecular complexity index is 702. The number of amides is 1. The first-order chi connectivity index (χ1) is 11.4. The lowest BCUT2D eigenvalue weighted by Gasteiger charge is -2.19. The van der Waals surface area contributed by atoms with Gasteiger partial charge in [0.15, 0.2) is 6.61 Å². The maximum Gasteiger partial charge on any atom is 0.277 e. The van der Waals surface area contributed by atoms with Gasteiger partial charge in [0.25, 0.3) is 5.91 Å². The molecule has 0 aliphatic heterocycles. The zero-order valence-electron chi connectivity index (χ0n) is 14.5. The van der Waals surface area contributed by atoms with Crippen LogP contribution in [0.5, 0.6) is 5.75 Å². The summed E-state index contributed by atoms with van der Waals surface area (Å²) in [6.07, 6.45) is 3.38. The number of carbonyl (C=O) groups excluding carboxylic acids is 1. The quantitative estimate of drug-likeness (QED) is 0.677. The van der Waals surface area contributed by atoms with E-state index in [0.29, 0.717) is 11.5 Å². The van der Waals surface area contributed by atoms with Crippen LogP contribution in [0, 0.1) is 0 Å². The van der Waals surface area contributed by atoms with Gasteiger partial charge in [-0.15, -0.1) is 0 Å². The number of carbonyl (C=O) groups is 1. The maximum atomic E-state index is 11.8. The number of pyridine rings is 1. The predicted molar refractivity (Wildman–Crippen MR) is 95.2 cm³/mol. The summed E-state index contributed by atoms with van der Waals surface area (Å²) in [5, 5.41) is 4.05. The zero-order chi connectivity index (χ0) is 17.6. The lowest BCUT2D eigenvalue weighted by Crippen LogP contribution is -2.25. The highest BCUT2D eigenvalue weighted by Gasteiger charge is 2.13. The molecule has 0 aliphatic carbocycles. The molecule has 0 atom stereocenters. The number of benzene rings is 1. The average Bonchev–Trinajstić information content (AvgIpc) is 2.58. The van der Waals surface area contributed by atoms with Gasteiger partial charge < -0.3 is 4.74 Å². The molecule has 2 rings (SSSR count). The van der Waals surface area contributed by atoms with Crippen molar-refractivity contribution in [3.63, 3.8) is 0 Å². The lowest BCUT2D eigenvalue weighted by molar-refractivity contribution is -0.123. The number of rotatable bonds is 5. The minimum absolute atomic E-state index is 0.0846. The van der Waals surface area contributed by atoms with Crippen LogP contribution < -0.4 is 10.2 Å². The summed E-state index contributed by atoms with van der Waals surface area (Å²) >= 11 is 0. The van der Waals surface area contributed by atoms with Crippen LogP contribution in [0.15, 0.2) is 53.9 Å². The fourth-order valence-corrected chi connectivity index (χ4v) is 2.02. The molecule has 24 heavy (non-hydrogen) atoms. The Morgan fingerprint density at radius 1 is 1.21 bits per heavy atom. The number of hydrogen-bond donors (Lipinski definition) is 1. The van der Waals surface area contributed by atoms with E-state index in [1.807, 2.05) is 43.3 Å². The second kappa shape index (κ2) is 7.73. The molecule has 1 N–H and O–H groups in total. The number of ether oxygens (including phenoxy) is 1. The number of hydrogen-bond acceptors (Lipinski definition) is 4. The normalized spacial score (nSPS) is 11.9.